The number of aryl methyl sites for hydroxylation is 1. The quantitative estimate of drug-likeness (QED) is 0.802. The smallest absolute Gasteiger partial charge is 0.114 e. The number of allylic oxidation sites excluding steroid dienone is 1. The standard InChI is InChI=1S/C13H11BrO2/c1-3-9(14)6-12-8(2)16-13-7-10(15)4-5-11(12)13/h1,4-6,10,15H,7H2,2H3/b9-6+. The molecule has 0 bridgehead atoms. The molecule has 1 heterocycles. The average Bonchev–Trinajstić information content (AvgIpc) is 2.54. The fourth-order valence-electron chi connectivity index (χ4n) is 1.78. The van der Waals surface area contributed by atoms with Crippen LogP contribution >= 0.6 is 15.9 Å². The van der Waals surface area contributed by atoms with Gasteiger partial charge >= 0.3 is 0 Å². The second-order valence-corrected chi connectivity index (χ2v) is 4.53. The van der Waals surface area contributed by atoms with Crippen LogP contribution in [0.5, 0.6) is 0 Å². The number of hydrogen-bond acceptors (Lipinski definition) is 2. The molecule has 1 N–H and O–H groups in total. The lowest BCUT2D eigenvalue weighted by Crippen LogP contribution is -2.10. The summed E-state index contributed by atoms with van der Waals surface area (Å²) in [6.45, 7) is 1.89. The third kappa shape index (κ3) is 1.99. The number of hydrogen-bond donors (Lipinski definition) is 1. The molecule has 1 atom stereocenters. The molecule has 0 aliphatic heterocycles. The Morgan fingerprint density at radius 2 is 2.50 bits per heavy atom. The first-order valence-corrected chi connectivity index (χ1v) is 5.73. The van der Waals surface area contributed by atoms with Crippen LogP contribution in [-0.4, -0.2) is 11.2 Å². The van der Waals surface area contributed by atoms with Gasteiger partial charge in [0.05, 0.1) is 10.6 Å². The van der Waals surface area contributed by atoms with Crippen LogP contribution in [0.1, 0.15) is 22.6 Å². The highest BCUT2D eigenvalue weighted by Crippen LogP contribution is 2.30. The third-order valence-electron chi connectivity index (χ3n) is 2.53. The topological polar surface area (TPSA) is 33.4 Å². The summed E-state index contributed by atoms with van der Waals surface area (Å²) in [5.74, 6) is 4.14. The molecule has 2 nitrogen and oxygen atoms in total. The summed E-state index contributed by atoms with van der Waals surface area (Å²) < 4.78 is 6.29. The summed E-state index contributed by atoms with van der Waals surface area (Å²) in [6.07, 6.45) is 10.9. The first-order valence-electron chi connectivity index (χ1n) is 4.94. The Kier molecular flexibility index (Phi) is 3.04. The van der Waals surface area contributed by atoms with Crippen molar-refractivity contribution in [3.8, 4) is 12.3 Å². The fourth-order valence-corrected chi connectivity index (χ4v) is 2.01. The van der Waals surface area contributed by atoms with Crippen molar-refractivity contribution in [2.45, 2.75) is 19.4 Å². The van der Waals surface area contributed by atoms with Crippen molar-refractivity contribution in [1.82, 2.24) is 0 Å². The Morgan fingerprint density at radius 3 is 3.19 bits per heavy atom. The van der Waals surface area contributed by atoms with Gasteiger partial charge in [0.2, 0.25) is 0 Å². The Morgan fingerprint density at radius 1 is 1.75 bits per heavy atom. The molecule has 1 aliphatic carbocycles. The molecule has 1 aromatic rings. The lowest BCUT2D eigenvalue weighted by molar-refractivity contribution is 0.213. The van der Waals surface area contributed by atoms with Crippen molar-refractivity contribution in [2.24, 2.45) is 0 Å². The molecular formula is C13H11BrO2. The van der Waals surface area contributed by atoms with Crippen molar-refractivity contribution in [1.29, 1.82) is 0 Å². The molecule has 1 unspecified atom stereocenters. The largest absolute Gasteiger partial charge is 0.465 e. The van der Waals surface area contributed by atoms with E-state index >= 15 is 0 Å². The highest BCUT2D eigenvalue weighted by atomic mass is 79.9. The highest BCUT2D eigenvalue weighted by molar-refractivity contribution is 9.12. The van der Waals surface area contributed by atoms with Gasteiger partial charge in [-0.1, -0.05) is 18.1 Å². The molecule has 2 rings (SSSR count). The van der Waals surface area contributed by atoms with Gasteiger partial charge in [-0.05, 0) is 28.9 Å². The molecule has 3 heteroatoms. The van der Waals surface area contributed by atoms with E-state index in [9.17, 15) is 5.11 Å². The summed E-state index contributed by atoms with van der Waals surface area (Å²) in [4.78, 5) is 0. The molecule has 16 heavy (non-hydrogen) atoms. The maximum atomic E-state index is 9.48. The van der Waals surface area contributed by atoms with Crippen LogP contribution in [0.25, 0.3) is 12.2 Å². The molecule has 0 saturated heterocycles. The minimum Gasteiger partial charge on any atom is -0.465 e. The van der Waals surface area contributed by atoms with Crippen molar-refractivity contribution in [3.05, 3.63) is 33.2 Å². The van der Waals surface area contributed by atoms with Gasteiger partial charge in [0.25, 0.3) is 0 Å². The van der Waals surface area contributed by atoms with E-state index in [1.807, 2.05) is 19.1 Å². The summed E-state index contributed by atoms with van der Waals surface area (Å²) in [7, 11) is 0. The number of furan rings is 1. The van der Waals surface area contributed by atoms with Crippen molar-refractivity contribution in [3.63, 3.8) is 0 Å². The molecule has 0 aromatic carbocycles. The van der Waals surface area contributed by atoms with Crippen LogP contribution in [0.3, 0.4) is 0 Å². The van der Waals surface area contributed by atoms with Gasteiger partial charge in [0.1, 0.15) is 11.5 Å². The predicted molar refractivity (Wildman–Crippen MR) is 67.9 cm³/mol. The number of fused-ring (bicyclic) bond motifs is 1. The monoisotopic (exact) mass is 278 g/mol. The van der Waals surface area contributed by atoms with E-state index in [0.717, 1.165) is 22.6 Å². The summed E-state index contributed by atoms with van der Waals surface area (Å²) in [5, 5.41) is 9.48. The Bertz CT molecular complexity index is 515. The van der Waals surface area contributed by atoms with E-state index in [1.165, 1.54) is 0 Å². The second kappa shape index (κ2) is 4.32. The van der Waals surface area contributed by atoms with E-state index in [-0.39, 0.29) is 0 Å². The lowest BCUT2D eigenvalue weighted by atomic mass is 9.99. The Labute approximate surface area is 103 Å². The molecule has 0 fully saturated rings. The van der Waals surface area contributed by atoms with Crippen molar-refractivity contribution >= 4 is 28.1 Å². The molecule has 0 saturated carbocycles. The number of terminal acetylenes is 1. The maximum absolute atomic E-state index is 9.48. The molecule has 1 aromatic heterocycles. The zero-order valence-corrected chi connectivity index (χ0v) is 10.4. The van der Waals surface area contributed by atoms with E-state index < -0.39 is 6.10 Å². The first kappa shape index (κ1) is 11.3. The molecular weight excluding hydrogens is 268 g/mol. The lowest BCUT2D eigenvalue weighted by Gasteiger charge is -2.09. The van der Waals surface area contributed by atoms with E-state index in [4.69, 9.17) is 10.8 Å². The zero-order chi connectivity index (χ0) is 11.7. The Hall–Kier alpha value is -1.24. The van der Waals surface area contributed by atoms with Crippen molar-refractivity contribution in [2.75, 3.05) is 0 Å². The normalized spacial score (nSPS) is 19.4. The minimum absolute atomic E-state index is 0.453. The second-order valence-electron chi connectivity index (χ2n) is 3.68. The summed E-state index contributed by atoms with van der Waals surface area (Å²) in [6, 6.07) is 0. The van der Waals surface area contributed by atoms with Gasteiger partial charge in [-0.3, -0.25) is 0 Å². The van der Waals surface area contributed by atoms with Gasteiger partial charge in [0.15, 0.2) is 0 Å². The van der Waals surface area contributed by atoms with Crippen LogP contribution in [-0.2, 0) is 6.42 Å². The van der Waals surface area contributed by atoms with E-state index in [2.05, 4.69) is 21.9 Å². The predicted octanol–water partition coefficient (Wildman–Crippen LogP) is 2.89. The molecule has 1 aliphatic rings. The first-order chi connectivity index (χ1) is 7.61. The van der Waals surface area contributed by atoms with Gasteiger partial charge in [-0.25, -0.2) is 0 Å². The number of aliphatic hydroxyl groups is 1. The molecule has 82 valence electrons. The third-order valence-corrected chi connectivity index (χ3v) is 2.99. The van der Waals surface area contributed by atoms with Crippen LogP contribution in [0.4, 0.5) is 0 Å². The zero-order valence-electron chi connectivity index (χ0n) is 8.83. The highest BCUT2D eigenvalue weighted by Gasteiger charge is 2.20. The van der Waals surface area contributed by atoms with Gasteiger partial charge in [-0.2, -0.15) is 0 Å². The SMILES string of the molecule is C#C/C(Br)=C\c1c(C)oc2c1C=CC(O)C2. The van der Waals surface area contributed by atoms with Gasteiger partial charge in [0, 0.05) is 17.5 Å². The fraction of sp³-hybridized carbons (Fsp3) is 0.231. The summed E-state index contributed by atoms with van der Waals surface area (Å²) >= 11 is 3.28. The number of halogens is 1. The Balaban J connectivity index is 2.51. The van der Waals surface area contributed by atoms with Gasteiger partial charge in [-0.15, -0.1) is 6.42 Å². The molecule has 0 radical (unpaired) electrons. The van der Waals surface area contributed by atoms with Crippen molar-refractivity contribution < 1.29 is 9.52 Å². The van der Waals surface area contributed by atoms with Gasteiger partial charge < -0.3 is 9.52 Å². The molecule has 0 spiro atoms. The average molecular weight is 279 g/mol. The van der Waals surface area contributed by atoms with Crippen LogP contribution < -0.4 is 0 Å². The van der Waals surface area contributed by atoms with Crippen LogP contribution in [0.2, 0.25) is 0 Å². The minimum atomic E-state index is -0.453. The maximum Gasteiger partial charge on any atom is 0.114 e. The summed E-state index contributed by atoms with van der Waals surface area (Å²) in [5.41, 5.74) is 1.98. The number of aliphatic hydroxyl groups excluding tert-OH is 1. The van der Waals surface area contributed by atoms with E-state index in [0.29, 0.717) is 10.9 Å². The van der Waals surface area contributed by atoms with E-state index in [1.54, 1.807) is 6.08 Å². The van der Waals surface area contributed by atoms with Crippen LogP contribution in [0.15, 0.2) is 15.0 Å². The molecule has 0 amide bonds. The number of rotatable bonds is 1. The van der Waals surface area contributed by atoms with Crippen LogP contribution in [0, 0.1) is 19.3 Å².